The van der Waals surface area contributed by atoms with Gasteiger partial charge < -0.3 is 4.74 Å². The SMILES string of the molecule is CCOC(=O)c1ccc(C(Br)C(C)=O)cc1S. The van der Waals surface area contributed by atoms with Crippen molar-refractivity contribution in [2.24, 2.45) is 0 Å². The van der Waals surface area contributed by atoms with Crippen LogP contribution in [0.25, 0.3) is 0 Å². The van der Waals surface area contributed by atoms with Crippen LogP contribution >= 0.6 is 28.6 Å². The van der Waals surface area contributed by atoms with Crippen molar-refractivity contribution in [1.82, 2.24) is 0 Å². The normalized spacial score (nSPS) is 12.0. The van der Waals surface area contributed by atoms with E-state index < -0.39 is 5.97 Å². The fraction of sp³-hybridized carbons (Fsp3) is 0.333. The molecule has 0 saturated carbocycles. The van der Waals surface area contributed by atoms with E-state index >= 15 is 0 Å². The number of carbonyl (C=O) groups is 2. The van der Waals surface area contributed by atoms with Crippen LogP contribution in [0.3, 0.4) is 0 Å². The molecule has 0 bridgehead atoms. The number of hydrogen-bond acceptors (Lipinski definition) is 4. The van der Waals surface area contributed by atoms with Crippen molar-refractivity contribution in [3.8, 4) is 0 Å². The van der Waals surface area contributed by atoms with E-state index in [0.29, 0.717) is 17.1 Å². The maximum Gasteiger partial charge on any atom is 0.339 e. The lowest BCUT2D eigenvalue weighted by Crippen LogP contribution is -2.07. The molecule has 0 spiro atoms. The van der Waals surface area contributed by atoms with Crippen LogP contribution in [0.2, 0.25) is 0 Å². The van der Waals surface area contributed by atoms with E-state index in [1.54, 1.807) is 25.1 Å². The van der Waals surface area contributed by atoms with Crippen LogP contribution in [0.1, 0.15) is 34.6 Å². The summed E-state index contributed by atoms with van der Waals surface area (Å²) in [5, 5.41) is 0. The fourth-order valence-corrected chi connectivity index (χ4v) is 1.92. The molecule has 1 aromatic rings. The first-order valence-corrected chi connectivity index (χ1v) is 6.48. The summed E-state index contributed by atoms with van der Waals surface area (Å²) in [4.78, 5) is 22.9. The number of hydrogen-bond donors (Lipinski definition) is 1. The first-order chi connectivity index (χ1) is 7.97. The molecule has 1 unspecified atom stereocenters. The van der Waals surface area contributed by atoms with Crippen LogP contribution in [0.5, 0.6) is 0 Å². The van der Waals surface area contributed by atoms with E-state index in [1.807, 2.05) is 0 Å². The molecule has 0 aliphatic heterocycles. The number of esters is 1. The third-order valence-electron chi connectivity index (χ3n) is 2.17. The average molecular weight is 317 g/mol. The summed E-state index contributed by atoms with van der Waals surface area (Å²) in [5.41, 5.74) is 1.18. The molecule has 1 rings (SSSR count). The first kappa shape index (κ1) is 14.3. The number of halogens is 1. The second-order valence-electron chi connectivity index (χ2n) is 3.47. The number of Topliss-reactive ketones (excluding diaryl/α,β-unsaturated/α-hetero) is 1. The Morgan fingerprint density at radius 1 is 1.47 bits per heavy atom. The third-order valence-corrected chi connectivity index (χ3v) is 3.71. The number of alkyl halides is 1. The van der Waals surface area contributed by atoms with Crippen molar-refractivity contribution in [1.29, 1.82) is 0 Å². The Kier molecular flexibility index (Phi) is 5.21. The molecule has 0 aliphatic rings. The van der Waals surface area contributed by atoms with Gasteiger partial charge in [0.05, 0.1) is 17.0 Å². The van der Waals surface area contributed by atoms with Gasteiger partial charge in [0, 0.05) is 4.90 Å². The van der Waals surface area contributed by atoms with E-state index in [9.17, 15) is 9.59 Å². The lowest BCUT2D eigenvalue weighted by Gasteiger charge is -2.10. The maximum absolute atomic E-state index is 11.5. The topological polar surface area (TPSA) is 43.4 Å². The lowest BCUT2D eigenvalue weighted by atomic mass is 10.1. The Hall–Kier alpha value is -0.810. The number of ether oxygens (including phenoxy) is 1. The summed E-state index contributed by atoms with van der Waals surface area (Å²) >= 11 is 7.51. The van der Waals surface area contributed by atoms with Crippen molar-refractivity contribution in [3.05, 3.63) is 29.3 Å². The molecule has 0 heterocycles. The zero-order chi connectivity index (χ0) is 13.0. The Bertz CT molecular complexity index is 445. The van der Waals surface area contributed by atoms with Crippen molar-refractivity contribution < 1.29 is 14.3 Å². The second kappa shape index (κ2) is 6.21. The van der Waals surface area contributed by atoms with Gasteiger partial charge in [-0.15, -0.1) is 12.6 Å². The van der Waals surface area contributed by atoms with E-state index in [4.69, 9.17) is 4.74 Å². The summed E-state index contributed by atoms with van der Waals surface area (Å²) in [6, 6.07) is 5.02. The molecule has 0 radical (unpaired) electrons. The van der Waals surface area contributed by atoms with Crippen molar-refractivity contribution in [3.63, 3.8) is 0 Å². The Labute approximate surface area is 114 Å². The Balaban J connectivity index is 3.01. The molecule has 0 N–H and O–H groups in total. The second-order valence-corrected chi connectivity index (χ2v) is 4.87. The van der Waals surface area contributed by atoms with Gasteiger partial charge in [0.25, 0.3) is 0 Å². The standard InChI is InChI=1S/C12H13BrO3S/c1-3-16-12(15)9-5-4-8(6-10(9)17)11(13)7(2)14/h4-6,11,17H,3H2,1-2H3. The van der Waals surface area contributed by atoms with Crippen LogP contribution < -0.4 is 0 Å². The lowest BCUT2D eigenvalue weighted by molar-refractivity contribution is -0.116. The number of benzene rings is 1. The van der Waals surface area contributed by atoms with Crippen LogP contribution in [0.15, 0.2) is 23.1 Å². The van der Waals surface area contributed by atoms with E-state index in [-0.39, 0.29) is 10.6 Å². The van der Waals surface area contributed by atoms with Gasteiger partial charge in [-0.25, -0.2) is 4.79 Å². The highest BCUT2D eigenvalue weighted by Gasteiger charge is 2.16. The van der Waals surface area contributed by atoms with Crippen molar-refractivity contribution in [2.45, 2.75) is 23.6 Å². The van der Waals surface area contributed by atoms with Crippen LogP contribution in [-0.2, 0) is 9.53 Å². The van der Waals surface area contributed by atoms with Gasteiger partial charge in [0.2, 0.25) is 0 Å². The average Bonchev–Trinajstić information content (AvgIpc) is 2.27. The summed E-state index contributed by atoms with van der Waals surface area (Å²) in [7, 11) is 0. The predicted octanol–water partition coefficient (Wildman–Crippen LogP) is 3.18. The molecule has 1 aromatic carbocycles. The highest BCUT2D eigenvalue weighted by atomic mass is 79.9. The minimum Gasteiger partial charge on any atom is -0.462 e. The molecule has 0 saturated heterocycles. The van der Waals surface area contributed by atoms with Gasteiger partial charge in [0.15, 0.2) is 0 Å². The summed E-state index contributed by atoms with van der Waals surface area (Å²) in [6.45, 7) is 3.56. The van der Waals surface area contributed by atoms with Crippen LogP contribution in [0.4, 0.5) is 0 Å². The molecular weight excluding hydrogens is 304 g/mol. The molecule has 0 aromatic heterocycles. The quantitative estimate of drug-likeness (QED) is 0.527. The maximum atomic E-state index is 11.5. The van der Waals surface area contributed by atoms with Crippen LogP contribution in [-0.4, -0.2) is 18.4 Å². The zero-order valence-electron chi connectivity index (χ0n) is 9.57. The molecular formula is C12H13BrO3S. The largest absolute Gasteiger partial charge is 0.462 e. The number of ketones is 1. The van der Waals surface area contributed by atoms with E-state index in [0.717, 1.165) is 5.56 Å². The predicted molar refractivity (Wildman–Crippen MR) is 72.0 cm³/mol. The highest BCUT2D eigenvalue weighted by Crippen LogP contribution is 2.27. The van der Waals surface area contributed by atoms with Gasteiger partial charge in [0.1, 0.15) is 5.78 Å². The monoisotopic (exact) mass is 316 g/mol. The molecule has 0 amide bonds. The fourth-order valence-electron chi connectivity index (χ4n) is 1.32. The van der Waals surface area contributed by atoms with Gasteiger partial charge in [-0.05, 0) is 31.5 Å². The Morgan fingerprint density at radius 2 is 2.12 bits per heavy atom. The molecule has 5 heteroatoms. The number of thiol groups is 1. The minimum absolute atomic E-state index is 0.00150. The summed E-state index contributed by atoms with van der Waals surface area (Å²) in [6.07, 6.45) is 0. The van der Waals surface area contributed by atoms with Crippen molar-refractivity contribution >= 4 is 40.3 Å². The highest BCUT2D eigenvalue weighted by molar-refractivity contribution is 9.09. The molecule has 92 valence electrons. The number of rotatable bonds is 4. The molecule has 0 aliphatic carbocycles. The molecule has 17 heavy (non-hydrogen) atoms. The molecule has 0 fully saturated rings. The zero-order valence-corrected chi connectivity index (χ0v) is 12.0. The summed E-state index contributed by atoms with van der Waals surface area (Å²) in [5.74, 6) is -0.403. The number of carbonyl (C=O) groups excluding carboxylic acids is 2. The first-order valence-electron chi connectivity index (χ1n) is 5.12. The smallest absolute Gasteiger partial charge is 0.339 e. The summed E-state index contributed by atoms with van der Waals surface area (Å²) < 4.78 is 4.89. The molecule has 1 atom stereocenters. The Morgan fingerprint density at radius 3 is 2.59 bits per heavy atom. The van der Waals surface area contributed by atoms with Gasteiger partial charge in [-0.1, -0.05) is 22.0 Å². The minimum atomic E-state index is -0.405. The molecule has 3 nitrogen and oxygen atoms in total. The van der Waals surface area contributed by atoms with Crippen LogP contribution in [0, 0.1) is 0 Å². The van der Waals surface area contributed by atoms with Gasteiger partial charge >= 0.3 is 5.97 Å². The third kappa shape index (κ3) is 3.57. The van der Waals surface area contributed by atoms with Gasteiger partial charge in [-0.3, -0.25) is 4.79 Å². The van der Waals surface area contributed by atoms with E-state index in [2.05, 4.69) is 28.6 Å². The van der Waals surface area contributed by atoms with E-state index in [1.165, 1.54) is 6.92 Å². The van der Waals surface area contributed by atoms with Gasteiger partial charge in [-0.2, -0.15) is 0 Å². The van der Waals surface area contributed by atoms with Crippen molar-refractivity contribution in [2.75, 3.05) is 6.61 Å².